The first kappa shape index (κ1) is 7.95. The van der Waals surface area contributed by atoms with Gasteiger partial charge in [-0.05, 0) is 0 Å². The summed E-state index contributed by atoms with van der Waals surface area (Å²) in [5.74, 6) is 0.720. The first-order chi connectivity index (χ1) is 6.38. The third-order valence-electron chi connectivity index (χ3n) is 1.92. The third kappa shape index (κ3) is 1.73. The van der Waals surface area contributed by atoms with Crippen LogP contribution in [0.1, 0.15) is 5.69 Å². The lowest BCUT2D eigenvalue weighted by atomic mass is 10.2. The zero-order valence-corrected chi connectivity index (χ0v) is 6.99. The van der Waals surface area contributed by atoms with Crippen LogP contribution in [0.15, 0.2) is 12.4 Å². The molecule has 2 heterocycles. The molecule has 5 heteroatoms. The summed E-state index contributed by atoms with van der Waals surface area (Å²) in [6.45, 7) is 1.90. The quantitative estimate of drug-likeness (QED) is 0.647. The molecule has 2 rings (SSSR count). The number of hydrogen-bond acceptors (Lipinski definition) is 5. The summed E-state index contributed by atoms with van der Waals surface area (Å²) >= 11 is 0. The molecule has 0 unspecified atom stereocenters. The second-order valence-electron chi connectivity index (χ2n) is 2.90. The molecule has 0 amide bonds. The molecule has 5 nitrogen and oxygen atoms in total. The van der Waals surface area contributed by atoms with Gasteiger partial charge in [0.15, 0.2) is 0 Å². The van der Waals surface area contributed by atoms with Gasteiger partial charge in [-0.15, -0.1) is 0 Å². The number of aromatic nitrogens is 2. The highest BCUT2D eigenvalue weighted by molar-refractivity contribution is 5.40. The van der Waals surface area contributed by atoms with E-state index < -0.39 is 0 Å². The van der Waals surface area contributed by atoms with Crippen molar-refractivity contribution in [3.05, 3.63) is 18.1 Å². The number of nitrogens with one attached hydrogen (secondary N) is 2. The van der Waals surface area contributed by atoms with Crippen molar-refractivity contribution in [2.45, 2.75) is 6.04 Å². The Labute approximate surface area is 75.8 Å². The van der Waals surface area contributed by atoms with E-state index in [1.54, 1.807) is 6.07 Å². The van der Waals surface area contributed by atoms with Gasteiger partial charge in [0.25, 0.3) is 0 Å². The van der Waals surface area contributed by atoms with Gasteiger partial charge in [0.1, 0.15) is 23.9 Å². The summed E-state index contributed by atoms with van der Waals surface area (Å²) < 4.78 is 0. The molecule has 0 spiro atoms. The number of nitrogens with zero attached hydrogens (tertiary/aromatic N) is 3. The van der Waals surface area contributed by atoms with Crippen LogP contribution in [0, 0.1) is 11.3 Å². The molecule has 1 aliphatic rings. The second kappa shape index (κ2) is 3.37. The predicted octanol–water partition coefficient (Wildman–Crippen LogP) is -0.268. The van der Waals surface area contributed by atoms with Crippen molar-refractivity contribution >= 4 is 5.82 Å². The molecule has 1 aromatic rings. The van der Waals surface area contributed by atoms with Crippen LogP contribution >= 0.6 is 0 Å². The minimum Gasteiger partial charge on any atom is -0.365 e. The van der Waals surface area contributed by atoms with E-state index in [4.69, 9.17) is 5.26 Å². The SMILES string of the molecule is N#Cc1cc(NC2CNC2)ncn1. The first-order valence-electron chi connectivity index (χ1n) is 4.08. The summed E-state index contributed by atoms with van der Waals surface area (Å²) in [5, 5.41) is 14.9. The van der Waals surface area contributed by atoms with Crippen LogP contribution in [0.4, 0.5) is 5.82 Å². The van der Waals surface area contributed by atoms with Crippen molar-refractivity contribution in [1.82, 2.24) is 15.3 Å². The fraction of sp³-hybridized carbons (Fsp3) is 0.375. The standard InChI is InChI=1S/C8H9N5/c9-2-6-1-8(12-5-11-6)13-7-3-10-4-7/h1,5,7,10H,3-4H2,(H,11,12,13). The van der Waals surface area contributed by atoms with E-state index in [2.05, 4.69) is 20.6 Å². The van der Waals surface area contributed by atoms with Crippen molar-refractivity contribution in [3.8, 4) is 6.07 Å². The molecule has 66 valence electrons. The second-order valence-corrected chi connectivity index (χ2v) is 2.90. The van der Waals surface area contributed by atoms with Crippen LogP contribution in [-0.4, -0.2) is 29.1 Å². The van der Waals surface area contributed by atoms with E-state index in [0.717, 1.165) is 18.9 Å². The van der Waals surface area contributed by atoms with Crippen molar-refractivity contribution in [3.63, 3.8) is 0 Å². The van der Waals surface area contributed by atoms with E-state index in [1.807, 2.05) is 6.07 Å². The molecule has 1 aliphatic heterocycles. The highest BCUT2D eigenvalue weighted by Crippen LogP contribution is 2.06. The normalized spacial score (nSPS) is 15.9. The zero-order chi connectivity index (χ0) is 9.10. The highest BCUT2D eigenvalue weighted by Gasteiger charge is 2.16. The summed E-state index contributed by atoms with van der Waals surface area (Å²) in [7, 11) is 0. The summed E-state index contributed by atoms with van der Waals surface area (Å²) in [4.78, 5) is 7.79. The maximum Gasteiger partial charge on any atom is 0.145 e. The molecule has 2 N–H and O–H groups in total. The predicted molar refractivity (Wildman–Crippen MR) is 47.0 cm³/mol. The van der Waals surface area contributed by atoms with E-state index in [0.29, 0.717) is 11.7 Å². The van der Waals surface area contributed by atoms with Gasteiger partial charge >= 0.3 is 0 Å². The van der Waals surface area contributed by atoms with Crippen LogP contribution in [0.5, 0.6) is 0 Å². The van der Waals surface area contributed by atoms with Crippen LogP contribution in [0.25, 0.3) is 0 Å². The van der Waals surface area contributed by atoms with Gasteiger partial charge in [0.2, 0.25) is 0 Å². The molecule has 0 bridgehead atoms. The Morgan fingerprint density at radius 1 is 1.54 bits per heavy atom. The van der Waals surface area contributed by atoms with E-state index in [1.165, 1.54) is 6.33 Å². The summed E-state index contributed by atoms with van der Waals surface area (Å²) in [6.07, 6.45) is 1.40. The molecule has 0 atom stereocenters. The van der Waals surface area contributed by atoms with E-state index >= 15 is 0 Å². The molecular formula is C8H9N5. The van der Waals surface area contributed by atoms with Crippen molar-refractivity contribution in [2.75, 3.05) is 18.4 Å². The van der Waals surface area contributed by atoms with Crippen molar-refractivity contribution in [2.24, 2.45) is 0 Å². The Hall–Kier alpha value is -1.67. The monoisotopic (exact) mass is 175 g/mol. The topological polar surface area (TPSA) is 73.6 Å². The average Bonchev–Trinajstić information content (AvgIpc) is 2.12. The molecule has 1 fully saturated rings. The molecule has 1 aromatic heterocycles. The molecule has 0 aromatic carbocycles. The van der Waals surface area contributed by atoms with Gasteiger partial charge in [-0.2, -0.15) is 5.26 Å². The van der Waals surface area contributed by atoms with Gasteiger partial charge in [0.05, 0.1) is 6.04 Å². The lowest BCUT2D eigenvalue weighted by Gasteiger charge is -2.28. The van der Waals surface area contributed by atoms with Gasteiger partial charge < -0.3 is 10.6 Å². The molecule has 0 aliphatic carbocycles. The Bertz CT molecular complexity index is 339. The van der Waals surface area contributed by atoms with Crippen LogP contribution < -0.4 is 10.6 Å². The van der Waals surface area contributed by atoms with Gasteiger partial charge in [-0.25, -0.2) is 9.97 Å². The fourth-order valence-corrected chi connectivity index (χ4v) is 1.10. The third-order valence-corrected chi connectivity index (χ3v) is 1.92. The van der Waals surface area contributed by atoms with E-state index in [-0.39, 0.29) is 0 Å². The van der Waals surface area contributed by atoms with Gasteiger partial charge in [-0.1, -0.05) is 0 Å². The first-order valence-corrected chi connectivity index (χ1v) is 4.08. The smallest absolute Gasteiger partial charge is 0.145 e. The Balaban J connectivity index is 2.07. The highest BCUT2D eigenvalue weighted by atomic mass is 15.1. The number of rotatable bonds is 2. The Morgan fingerprint density at radius 3 is 3.00 bits per heavy atom. The maximum absolute atomic E-state index is 8.59. The molecular weight excluding hydrogens is 166 g/mol. The maximum atomic E-state index is 8.59. The number of hydrogen-bond donors (Lipinski definition) is 2. The Morgan fingerprint density at radius 2 is 2.38 bits per heavy atom. The van der Waals surface area contributed by atoms with Crippen LogP contribution in [-0.2, 0) is 0 Å². The van der Waals surface area contributed by atoms with E-state index in [9.17, 15) is 0 Å². The largest absolute Gasteiger partial charge is 0.365 e. The minimum absolute atomic E-state index is 0.393. The molecule has 13 heavy (non-hydrogen) atoms. The number of nitriles is 1. The Kier molecular flexibility index (Phi) is 2.06. The minimum atomic E-state index is 0.393. The van der Waals surface area contributed by atoms with Gasteiger partial charge in [0, 0.05) is 19.2 Å². The summed E-state index contributed by atoms with van der Waals surface area (Å²) in [5.41, 5.74) is 0.393. The number of anilines is 1. The molecule has 0 radical (unpaired) electrons. The van der Waals surface area contributed by atoms with Crippen LogP contribution in [0.2, 0.25) is 0 Å². The zero-order valence-electron chi connectivity index (χ0n) is 6.99. The summed E-state index contributed by atoms with van der Waals surface area (Å²) in [6, 6.07) is 4.05. The van der Waals surface area contributed by atoms with Crippen LogP contribution in [0.3, 0.4) is 0 Å². The van der Waals surface area contributed by atoms with Crippen molar-refractivity contribution in [1.29, 1.82) is 5.26 Å². The molecule has 0 saturated carbocycles. The lowest BCUT2D eigenvalue weighted by Crippen LogP contribution is -2.51. The molecule has 1 saturated heterocycles. The average molecular weight is 175 g/mol. The fourth-order valence-electron chi connectivity index (χ4n) is 1.10. The van der Waals surface area contributed by atoms with Gasteiger partial charge in [-0.3, -0.25) is 0 Å². The lowest BCUT2D eigenvalue weighted by molar-refractivity contribution is 0.471. The van der Waals surface area contributed by atoms with Crippen molar-refractivity contribution < 1.29 is 0 Å².